The number of hydrogen-bond donors (Lipinski definition) is 1. The summed E-state index contributed by atoms with van der Waals surface area (Å²) in [5.74, 6) is 0.869. The number of hydrogen-bond acceptors (Lipinski definition) is 6. The summed E-state index contributed by atoms with van der Waals surface area (Å²) in [4.78, 5) is 18.7. The van der Waals surface area contributed by atoms with Crippen LogP contribution in [0.3, 0.4) is 0 Å². The molecule has 33 heavy (non-hydrogen) atoms. The topological polar surface area (TPSA) is 62.2 Å². The van der Waals surface area contributed by atoms with Crippen molar-refractivity contribution >= 4 is 17.2 Å². The van der Waals surface area contributed by atoms with Crippen LogP contribution in [0.2, 0.25) is 0 Å². The van der Waals surface area contributed by atoms with Gasteiger partial charge in [0.15, 0.2) is 0 Å². The number of benzene rings is 1. The number of nitrogens with zero attached hydrogens (tertiary/aromatic N) is 2. The zero-order valence-corrected chi connectivity index (χ0v) is 20.7. The molecule has 1 aliphatic heterocycles. The maximum absolute atomic E-state index is 13.5. The number of aliphatic hydroxyl groups is 1. The number of carbonyl (C=O) groups is 1. The molecule has 7 heteroatoms. The summed E-state index contributed by atoms with van der Waals surface area (Å²) in [6.45, 7) is 12.1. The molecule has 1 N–H and O–H groups in total. The molecule has 0 saturated heterocycles. The molecule has 180 valence electrons. The van der Waals surface area contributed by atoms with Crippen molar-refractivity contribution in [2.24, 2.45) is 0 Å². The van der Waals surface area contributed by atoms with E-state index in [-0.39, 0.29) is 31.1 Å². The van der Waals surface area contributed by atoms with E-state index in [1.165, 1.54) is 10.4 Å². The molecule has 2 aromatic rings. The number of carbonyl (C=O) groups excluding carboxylic acids is 1. The van der Waals surface area contributed by atoms with Crippen molar-refractivity contribution in [3.05, 3.63) is 64.4 Å². The Balaban J connectivity index is 1.68. The third kappa shape index (κ3) is 7.14. The lowest BCUT2D eigenvalue weighted by Gasteiger charge is -2.38. The Hall–Kier alpha value is -2.19. The van der Waals surface area contributed by atoms with Gasteiger partial charge in [0.05, 0.1) is 31.9 Å². The molecule has 0 unspecified atom stereocenters. The fourth-order valence-corrected chi connectivity index (χ4v) is 5.02. The van der Waals surface area contributed by atoms with Crippen molar-refractivity contribution in [3.63, 3.8) is 0 Å². The summed E-state index contributed by atoms with van der Waals surface area (Å²) in [5, 5.41) is 12.5. The third-order valence-corrected chi connectivity index (χ3v) is 6.87. The zero-order valence-electron chi connectivity index (χ0n) is 19.9. The molecule has 2 atom stereocenters. The number of thiophene rings is 1. The van der Waals surface area contributed by atoms with Gasteiger partial charge in [-0.3, -0.25) is 9.69 Å². The van der Waals surface area contributed by atoms with Gasteiger partial charge in [0, 0.05) is 24.0 Å². The van der Waals surface area contributed by atoms with Gasteiger partial charge >= 0.3 is 0 Å². The summed E-state index contributed by atoms with van der Waals surface area (Å²) in [6.07, 6.45) is 1.86. The summed E-state index contributed by atoms with van der Waals surface area (Å²) >= 11 is 1.75. The van der Waals surface area contributed by atoms with E-state index in [1.807, 2.05) is 54.8 Å². The van der Waals surface area contributed by atoms with Gasteiger partial charge in [-0.15, -0.1) is 17.9 Å². The fraction of sp³-hybridized carbons (Fsp3) is 0.500. The van der Waals surface area contributed by atoms with Gasteiger partial charge < -0.3 is 19.5 Å². The molecule has 1 aromatic carbocycles. The molecule has 0 saturated carbocycles. The van der Waals surface area contributed by atoms with E-state index in [2.05, 4.69) is 18.0 Å². The molecule has 1 aliphatic rings. The number of rotatable bonds is 12. The van der Waals surface area contributed by atoms with Crippen molar-refractivity contribution in [1.29, 1.82) is 0 Å². The van der Waals surface area contributed by atoms with Crippen LogP contribution in [-0.4, -0.2) is 72.4 Å². The predicted octanol–water partition coefficient (Wildman–Crippen LogP) is 3.84. The van der Waals surface area contributed by atoms with Crippen LogP contribution in [0.15, 0.2) is 48.4 Å². The minimum atomic E-state index is -0.662. The molecule has 0 fully saturated rings. The second-order valence-corrected chi connectivity index (χ2v) is 9.78. The molecule has 6 nitrogen and oxygen atoms in total. The number of ether oxygens (including phenoxy) is 2. The Kier molecular flexibility index (Phi) is 9.50. The maximum Gasteiger partial charge on any atom is 0.237 e. The van der Waals surface area contributed by atoms with Gasteiger partial charge in [0.1, 0.15) is 12.4 Å². The molecule has 0 spiro atoms. The molecule has 0 bridgehead atoms. The second-order valence-electron chi connectivity index (χ2n) is 8.78. The first-order chi connectivity index (χ1) is 15.9. The van der Waals surface area contributed by atoms with E-state index in [4.69, 9.17) is 9.47 Å². The molecular weight excluding hydrogens is 436 g/mol. The predicted molar refractivity (Wildman–Crippen MR) is 133 cm³/mol. The maximum atomic E-state index is 13.5. The van der Waals surface area contributed by atoms with Gasteiger partial charge in [-0.2, -0.15) is 0 Å². The van der Waals surface area contributed by atoms with Crippen LogP contribution in [-0.2, 0) is 16.0 Å². The first-order valence-corrected chi connectivity index (χ1v) is 12.4. The Morgan fingerprint density at radius 3 is 2.94 bits per heavy atom. The quantitative estimate of drug-likeness (QED) is 0.376. The van der Waals surface area contributed by atoms with E-state index >= 15 is 0 Å². The molecule has 0 radical (unpaired) electrons. The number of aryl methyl sites for hydroxylation is 1. The van der Waals surface area contributed by atoms with Crippen molar-refractivity contribution in [1.82, 2.24) is 9.80 Å². The molecule has 2 heterocycles. The monoisotopic (exact) mass is 472 g/mol. The van der Waals surface area contributed by atoms with Gasteiger partial charge in [0.2, 0.25) is 5.91 Å². The number of aliphatic hydroxyl groups excluding tert-OH is 1. The van der Waals surface area contributed by atoms with Crippen molar-refractivity contribution in [2.75, 3.05) is 39.5 Å². The normalized spacial score (nSPS) is 16.7. The smallest absolute Gasteiger partial charge is 0.237 e. The van der Waals surface area contributed by atoms with Crippen LogP contribution < -0.4 is 4.74 Å². The van der Waals surface area contributed by atoms with Crippen LogP contribution in [0.25, 0.3) is 0 Å². The lowest BCUT2D eigenvalue weighted by Crippen LogP contribution is -2.49. The summed E-state index contributed by atoms with van der Waals surface area (Å²) in [5.41, 5.74) is 2.32. The number of amides is 1. The van der Waals surface area contributed by atoms with Crippen LogP contribution in [0.1, 0.15) is 35.9 Å². The van der Waals surface area contributed by atoms with Crippen molar-refractivity contribution < 1.29 is 19.4 Å². The van der Waals surface area contributed by atoms with Crippen LogP contribution in [0, 0.1) is 6.92 Å². The molecule has 3 rings (SSSR count). The highest BCUT2D eigenvalue weighted by Crippen LogP contribution is 2.34. The van der Waals surface area contributed by atoms with E-state index in [9.17, 15) is 9.90 Å². The third-order valence-electron chi connectivity index (χ3n) is 5.87. The van der Waals surface area contributed by atoms with Crippen molar-refractivity contribution in [2.45, 2.75) is 45.4 Å². The van der Waals surface area contributed by atoms with Gasteiger partial charge in [-0.05, 0) is 61.9 Å². The van der Waals surface area contributed by atoms with E-state index < -0.39 is 6.10 Å². The Labute approximate surface area is 201 Å². The highest BCUT2D eigenvalue weighted by molar-refractivity contribution is 7.10. The van der Waals surface area contributed by atoms with E-state index in [0.29, 0.717) is 26.3 Å². The minimum Gasteiger partial charge on any atom is -0.491 e. The molecule has 0 aliphatic carbocycles. The molecular formula is C26H36N2O4S. The van der Waals surface area contributed by atoms with Gasteiger partial charge in [-0.25, -0.2) is 0 Å². The summed E-state index contributed by atoms with van der Waals surface area (Å²) < 4.78 is 11.5. The zero-order chi connectivity index (χ0) is 23.8. The summed E-state index contributed by atoms with van der Waals surface area (Å²) in [7, 11) is 0. The average Bonchev–Trinajstić information content (AvgIpc) is 3.26. The minimum absolute atomic E-state index is 0.0533. The fourth-order valence-electron chi connectivity index (χ4n) is 4.09. The Morgan fingerprint density at radius 1 is 1.39 bits per heavy atom. The van der Waals surface area contributed by atoms with E-state index in [1.54, 1.807) is 17.4 Å². The second kappa shape index (κ2) is 12.3. The Morgan fingerprint density at radius 2 is 2.21 bits per heavy atom. The first-order valence-electron chi connectivity index (χ1n) is 11.5. The lowest BCUT2D eigenvalue weighted by atomic mass is 10.00. The highest BCUT2D eigenvalue weighted by atomic mass is 32.1. The standard InChI is InChI=1S/C26H36N2O4S/c1-5-12-31-17-21(29)15-27(19(2)3)16-26(30)28-11-9-25-23(10-13-33-25)24(28)18-32-22-8-6-7-20(4)14-22/h5-8,10,13-14,19,21,24,29H,1,9,11-12,15-18H2,2-4H3/t21-,24+/m0/s1. The SMILES string of the molecule is C=CCOC[C@@H](O)CN(CC(=O)N1CCc2sccc2[C@H]1COc1cccc(C)c1)C(C)C. The van der Waals surface area contributed by atoms with Crippen LogP contribution >= 0.6 is 11.3 Å². The average molecular weight is 473 g/mol. The van der Waals surface area contributed by atoms with Crippen LogP contribution in [0.4, 0.5) is 0 Å². The lowest BCUT2D eigenvalue weighted by molar-refractivity contribution is -0.137. The van der Waals surface area contributed by atoms with Crippen molar-refractivity contribution in [3.8, 4) is 5.75 Å². The highest BCUT2D eigenvalue weighted by Gasteiger charge is 2.33. The summed E-state index contributed by atoms with van der Waals surface area (Å²) in [6, 6.07) is 10.1. The van der Waals surface area contributed by atoms with E-state index in [0.717, 1.165) is 17.7 Å². The Bertz CT molecular complexity index is 913. The molecule has 1 aromatic heterocycles. The molecule has 1 amide bonds. The van der Waals surface area contributed by atoms with Gasteiger partial charge in [0.25, 0.3) is 0 Å². The largest absolute Gasteiger partial charge is 0.491 e. The number of fused-ring (bicyclic) bond motifs is 1. The van der Waals surface area contributed by atoms with Crippen LogP contribution in [0.5, 0.6) is 5.75 Å². The van der Waals surface area contributed by atoms with Gasteiger partial charge in [-0.1, -0.05) is 18.2 Å². The first kappa shape index (κ1) is 25.4.